The molecule has 4 heterocycles. The molecule has 2 saturated heterocycles. The van der Waals surface area contributed by atoms with E-state index in [1.54, 1.807) is 42.5 Å². The number of morpholine rings is 1. The summed E-state index contributed by atoms with van der Waals surface area (Å²) in [5, 5.41) is 26.4. The number of carbonyl (C=O) groups excluding carboxylic acids is 3. The van der Waals surface area contributed by atoms with E-state index in [2.05, 4.69) is 27.5 Å². The maximum atomic E-state index is 15.3. The summed E-state index contributed by atoms with van der Waals surface area (Å²) in [6.45, 7) is -0.110. The van der Waals surface area contributed by atoms with Crippen LogP contribution in [0.3, 0.4) is 0 Å². The number of carbonyl (C=O) groups is 3. The van der Waals surface area contributed by atoms with Gasteiger partial charge in [-0.05, 0) is 64.7 Å². The number of phenolic OH excluding ortho intramolecular Hbond substituents is 1. The van der Waals surface area contributed by atoms with Gasteiger partial charge in [0, 0.05) is 17.7 Å². The number of fused-ring (bicyclic) bond motifs is 4. The van der Waals surface area contributed by atoms with Gasteiger partial charge >= 0.3 is 5.97 Å². The second-order valence-electron chi connectivity index (χ2n) is 13.8. The van der Waals surface area contributed by atoms with Crippen LogP contribution in [0.25, 0.3) is 10.2 Å². The first-order valence-corrected chi connectivity index (χ1v) is 18.8. The number of hydrogen-bond donors (Lipinski definition) is 4. The molecule has 2 amide bonds. The number of anilines is 2. The lowest BCUT2D eigenvalue weighted by molar-refractivity contribution is -0.177. The third kappa shape index (κ3) is 5.65. The van der Waals surface area contributed by atoms with Gasteiger partial charge in [-0.1, -0.05) is 108 Å². The lowest BCUT2D eigenvalue weighted by Crippen LogP contribution is -2.53. The minimum atomic E-state index is -1.72. The molecule has 2 fully saturated rings. The molecular formula is C44H34N4O6S. The molecule has 6 atom stereocenters. The smallest absolute Gasteiger partial charge is 0.324 e. The predicted octanol–water partition coefficient (Wildman–Crippen LogP) is 6.65. The number of nitrogens with one attached hydrogen (secondary N) is 2. The third-order valence-electron chi connectivity index (χ3n) is 10.8. The molecule has 9 rings (SSSR count). The van der Waals surface area contributed by atoms with Crippen molar-refractivity contribution >= 4 is 50.2 Å². The lowest BCUT2D eigenvalue weighted by atomic mass is 9.65. The normalized spacial score (nSPS) is 24.1. The summed E-state index contributed by atoms with van der Waals surface area (Å²) >= 11 is 1.30. The number of esters is 1. The third-order valence-corrected chi connectivity index (χ3v) is 11.7. The van der Waals surface area contributed by atoms with E-state index in [-0.39, 0.29) is 18.8 Å². The second kappa shape index (κ2) is 13.8. The number of aromatic hydroxyl groups is 1. The van der Waals surface area contributed by atoms with Crippen molar-refractivity contribution in [2.24, 2.45) is 5.92 Å². The van der Waals surface area contributed by atoms with Crippen LogP contribution in [0.5, 0.6) is 5.75 Å². The molecule has 0 saturated carbocycles. The molecule has 1 aromatic heterocycles. The Kier molecular flexibility index (Phi) is 8.66. The van der Waals surface area contributed by atoms with Crippen molar-refractivity contribution in [1.82, 2.24) is 9.88 Å². The van der Waals surface area contributed by atoms with Crippen LogP contribution < -0.4 is 10.6 Å². The SMILES string of the molecule is O=C1O[C@@H](c2ccccc2)[C@@H](c2ccccc2)N2[C@@H](c3ccc(O)cc3)[C@]3(C(=O)Nc4ccc(C#CCCO)cc43)[C@@H](C(=O)Nc3nc4ccccc4s3)[C@H]12. The highest BCUT2D eigenvalue weighted by molar-refractivity contribution is 7.22. The van der Waals surface area contributed by atoms with Crippen LogP contribution in [0, 0.1) is 17.8 Å². The van der Waals surface area contributed by atoms with E-state index in [4.69, 9.17) is 4.74 Å². The number of aliphatic hydroxyl groups excluding tert-OH is 1. The van der Waals surface area contributed by atoms with Gasteiger partial charge in [0.15, 0.2) is 5.13 Å². The average Bonchev–Trinajstić information content (AvgIpc) is 3.85. The van der Waals surface area contributed by atoms with Crippen LogP contribution in [0.15, 0.2) is 127 Å². The van der Waals surface area contributed by atoms with Crippen molar-refractivity contribution in [3.8, 4) is 17.6 Å². The van der Waals surface area contributed by atoms with Crippen LogP contribution in [0.2, 0.25) is 0 Å². The molecule has 3 aliphatic heterocycles. The van der Waals surface area contributed by atoms with Gasteiger partial charge in [0.25, 0.3) is 0 Å². The van der Waals surface area contributed by atoms with Crippen LogP contribution in [0.1, 0.15) is 52.4 Å². The summed E-state index contributed by atoms with van der Waals surface area (Å²) in [5.41, 5.74) is 2.74. The number of aliphatic hydroxyl groups is 1. The van der Waals surface area contributed by atoms with Gasteiger partial charge in [0.05, 0.1) is 34.8 Å². The zero-order chi connectivity index (χ0) is 37.7. The van der Waals surface area contributed by atoms with Crippen LogP contribution in [0.4, 0.5) is 10.8 Å². The summed E-state index contributed by atoms with van der Waals surface area (Å²) in [7, 11) is 0. The van der Waals surface area contributed by atoms with Gasteiger partial charge in [-0.15, -0.1) is 0 Å². The maximum absolute atomic E-state index is 15.3. The number of para-hydroxylation sites is 1. The Hall–Kier alpha value is -6.32. The fourth-order valence-electron chi connectivity index (χ4n) is 8.66. The molecule has 3 aliphatic rings. The van der Waals surface area contributed by atoms with Crippen LogP contribution in [-0.2, 0) is 24.5 Å². The monoisotopic (exact) mass is 746 g/mol. The quantitative estimate of drug-likeness (QED) is 0.110. The topological polar surface area (TPSA) is 141 Å². The fourth-order valence-corrected chi connectivity index (χ4v) is 9.53. The highest BCUT2D eigenvalue weighted by Crippen LogP contribution is 2.65. The summed E-state index contributed by atoms with van der Waals surface area (Å²) in [4.78, 5) is 52.1. The van der Waals surface area contributed by atoms with Crippen molar-refractivity contribution < 1.29 is 29.3 Å². The van der Waals surface area contributed by atoms with E-state index < -0.39 is 53.3 Å². The predicted molar refractivity (Wildman–Crippen MR) is 208 cm³/mol. The van der Waals surface area contributed by atoms with Crippen molar-refractivity contribution in [3.05, 3.63) is 155 Å². The molecule has 1 spiro atoms. The largest absolute Gasteiger partial charge is 0.508 e. The number of rotatable bonds is 6. The van der Waals surface area contributed by atoms with Crippen LogP contribution in [-0.4, -0.2) is 50.5 Å². The Bertz CT molecular complexity index is 2480. The number of nitrogens with zero attached hydrogens (tertiary/aromatic N) is 2. The molecule has 272 valence electrons. The number of thiazole rings is 1. The molecule has 0 unspecified atom stereocenters. The number of hydrogen-bond acceptors (Lipinski definition) is 9. The molecule has 0 bridgehead atoms. The van der Waals surface area contributed by atoms with Gasteiger partial charge < -0.3 is 25.6 Å². The summed E-state index contributed by atoms with van der Waals surface area (Å²) in [6, 6.07) is 35.7. The standard InChI is InChI=1S/C44H34N4O6S/c49-24-10-9-11-26-18-23-32-31(25-26)44(42(53)45-32)35(40(51)47-43-46-33-16-7-8-17-34(33)55-43)37-41(52)54-38(28-14-5-2-6-15-28)36(27-12-3-1-4-13-27)48(37)39(44)29-19-21-30(50)22-20-29/h1-8,12-23,25,35-39,49-50H,10,24H2,(H,45,53)(H,46,47,51)/t35-,36-,37-,38+,39+,44-/m1/s1. The first-order chi connectivity index (χ1) is 26.9. The number of benzene rings is 5. The van der Waals surface area contributed by atoms with Gasteiger partial charge in [-0.3, -0.25) is 19.3 Å². The van der Waals surface area contributed by atoms with E-state index in [0.29, 0.717) is 33.0 Å². The molecule has 55 heavy (non-hydrogen) atoms. The Morgan fingerprint density at radius 2 is 1.58 bits per heavy atom. The lowest BCUT2D eigenvalue weighted by Gasteiger charge is -2.46. The van der Waals surface area contributed by atoms with Gasteiger partial charge in [0.1, 0.15) is 23.3 Å². The van der Waals surface area contributed by atoms with Crippen molar-refractivity contribution in [2.75, 3.05) is 17.2 Å². The molecule has 11 heteroatoms. The van der Waals surface area contributed by atoms with E-state index in [1.807, 2.05) is 89.8 Å². The minimum absolute atomic E-state index is 0.0232. The van der Waals surface area contributed by atoms with Crippen LogP contribution >= 0.6 is 11.3 Å². The number of cyclic esters (lactones) is 1. The van der Waals surface area contributed by atoms with E-state index in [1.165, 1.54) is 11.3 Å². The van der Waals surface area contributed by atoms with Crippen molar-refractivity contribution in [2.45, 2.75) is 36.1 Å². The Labute approximate surface area is 320 Å². The summed E-state index contributed by atoms with van der Waals surface area (Å²) in [5.74, 6) is 3.07. The second-order valence-corrected chi connectivity index (χ2v) is 14.9. The molecule has 0 aliphatic carbocycles. The average molecular weight is 747 g/mol. The Morgan fingerprint density at radius 1 is 0.873 bits per heavy atom. The minimum Gasteiger partial charge on any atom is -0.508 e. The fraction of sp³-hybridized carbons (Fsp3) is 0.182. The van der Waals surface area contributed by atoms with Crippen molar-refractivity contribution in [1.29, 1.82) is 0 Å². The first-order valence-electron chi connectivity index (χ1n) is 18.0. The molecule has 0 radical (unpaired) electrons. The van der Waals surface area contributed by atoms with Gasteiger partial charge in [-0.2, -0.15) is 0 Å². The zero-order valence-corrected chi connectivity index (χ0v) is 30.1. The van der Waals surface area contributed by atoms with Gasteiger partial charge in [-0.25, -0.2) is 4.98 Å². The van der Waals surface area contributed by atoms with E-state index in [0.717, 1.165) is 15.8 Å². The maximum Gasteiger partial charge on any atom is 0.324 e. The highest BCUT2D eigenvalue weighted by atomic mass is 32.1. The van der Waals surface area contributed by atoms with E-state index >= 15 is 9.59 Å². The molecule has 5 aromatic carbocycles. The number of ether oxygens (including phenoxy) is 1. The Morgan fingerprint density at radius 3 is 2.31 bits per heavy atom. The number of aromatic nitrogens is 1. The summed E-state index contributed by atoms with van der Waals surface area (Å²) < 4.78 is 7.32. The van der Waals surface area contributed by atoms with Gasteiger partial charge in [0.2, 0.25) is 11.8 Å². The summed E-state index contributed by atoms with van der Waals surface area (Å²) in [6.07, 6.45) is -0.556. The number of phenols is 1. The number of amides is 2. The highest BCUT2D eigenvalue weighted by Gasteiger charge is 2.74. The zero-order valence-electron chi connectivity index (χ0n) is 29.3. The molecular weight excluding hydrogens is 713 g/mol. The first kappa shape index (κ1) is 34.4. The molecule has 6 aromatic rings. The van der Waals surface area contributed by atoms with Crippen molar-refractivity contribution in [3.63, 3.8) is 0 Å². The molecule has 10 nitrogen and oxygen atoms in total. The van der Waals surface area contributed by atoms with E-state index in [9.17, 15) is 15.0 Å². The Balaban J connectivity index is 1.32. The molecule has 4 N–H and O–H groups in total.